The molecule has 8 aliphatic carbocycles. The summed E-state index contributed by atoms with van der Waals surface area (Å²) in [5.41, 5.74) is 6.11. The van der Waals surface area contributed by atoms with Gasteiger partial charge in [0.15, 0.2) is 5.90 Å². The number of carbonyl (C=O) groups excluding carboxylic acids is 1. The van der Waals surface area contributed by atoms with Crippen molar-refractivity contribution in [2.24, 2.45) is 54.2 Å². The highest BCUT2D eigenvalue weighted by Crippen LogP contribution is 2.75. The van der Waals surface area contributed by atoms with Gasteiger partial charge < -0.3 is 9.30 Å². The normalized spacial score (nSPS) is 44.5. The average Bonchev–Trinajstić information content (AvgIpc) is 3.16. The number of nitrogens with one attached hydrogen (secondary N) is 1. The molecule has 8 fully saturated rings. The fourth-order valence-electron chi connectivity index (χ4n) is 16.9. The van der Waals surface area contributed by atoms with E-state index in [9.17, 15) is 4.79 Å². The third-order valence-corrected chi connectivity index (χ3v) is 14.9. The van der Waals surface area contributed by atoms with Gasteiger partial charge in [0.2, 0.25) is 5.91 Å². The molecule has 0 spiro atoms. The summed E-state index contributed by atoms with van der Waals surface area (Å²) in [6, 6.07) is 0. The van der Waals surface area contributed by atoms with Crippen LogP contribution in [0.1, 0.15) is 182 Å². The number of hydrogen-bond acceptors (Lipinski definition) is 6. The highest BCUT2D eigenvalue weighted by atomic mass is 16.5. The average molecular weight is 705 g/mol. The Morgan fingerprint density at radius 1 is 0.667 bits per heavy atom. The molecule has 8 nitrogen and oxygen atoms in total. The number of nitrogens with two attached hydrogens (primary N) is 1. The number of hydrogen-bond donors (Lipinski definition) is 2. The lowest BCUT2D eigenvalue weighted by molar-refractivity contribution is -0.187. The van der Waals surface area contributed by atoms with Crippen LogP contribution in [0.4, 0.5) is 0 Å². The van der Waals surface area contributed by atoms with Gasteiger partial charge in [0.05, 0.1) is 7.11 Å². The lowest BCUT2D eigenvalue weighted by Crippen LogP contribution is -2.59. The molecule has 8 saturated carbocycles. The van der Waals surface area contributed by atoms with Gasteiger partial charge in [0.1, 0.15) is 11.6 Å². The summed E-state index contributed by atoms with van der Waals surface area (Å²) >= 11 is 0. The molecule has 3 N–H and O–H groups in total. The first kappa shape index (κ1) is 37.4. The maximum atomic E-state index is 11.8. The van der Waals surface area contributed by atoms with Crippen molar-refractivity contribution in [3.63, 3.8) is 0 Å². The van der Waals surface area contributed by atoms with Crippen LogP contribution >= 0.6 is 0 Å². The smallest absolute Gasteiger partial charge is 0.234 e. The Bertz CT molecular complexity index is 1390. The minimum absolute atomic E-state index is 0.0211. The van der Waals surface area contributed by atoms with Crippen LogP contribution in [0.3, 0.4) is 0 Å². The molecular weight excluding hydrogens is 633 g/mol. The standard InChI is InChI=1S/C21H33N3.C15H26N2O.C7H13NO/c1-18-10-19(2)12-20(3,11-18)15-21(13-18,14-19)9-17-23-22-16-7-5-4-6-8-24(16)17;1-12-5-13(2)7-14(3,6-12)10-15(8-12,9-13)4-11(18)17-16;1-9-7-5-3-2-4-6-8-7/h4-15H2,1-3H3;4-10,16H2,1-3H3,(H,17,18);2-6H2,1H3. The summed E-state index contributed by atoms with van der Waals surface area (Å²) in [5.74, 6) is 8.83. The van der Waals surface area contributed by atoms with Crippen molar-refractivity contribution in [3.05, 3.63) is 11.6 Å². The molecular formula is C43H72N6O2. The predicted molar refractivity (Wildman–Crippen MR) is 205 cm³/mol. The number of aromatic nitrogens is 3. The molecule has 51 heavy (non-hydrogen) atoms. The van der Waals surface area contributed by atoms with Gasteiger partial charge in [-0.2, -0.15) is 0 Å². The predicted octanol–water partition coefficient (Wildman–Crippen LogP) is 9.29. The SMILES string of the molecule is CC12CC3(C)CC(C)(C1)CC(CC(=O)NN)(C2)C3.CC12CC3(C)CC(C)(C1)CC(Cc1nnc4n1CCCCC4)(C2)C3.COC1=NCCCCC1. The Morgan fingerprint density at radius 3 is 1.67 bits per heavy atom. The Hall–Kier alpha value is -1.96. The molecule has 0 atom stereocenters. The summed E-state index contributed by atoms with van der Waals surface area (Å²) in [7, 11) is 1.70. The van der Waals surface area contributed by atoms with Crippen LogP contribution in [0.15, 0.2) is 4.99 Å². The van der Waals surface area contributed by atoms with E-state index in [-0.39, 0.29) is 11.3 Å². The zero-order valence-corrected chi connectivity index (χ0v) is 33.7. The van der Waals surface area contributed by atoms with E-state index in [2.05, 4.69) is 61.6 Å². The summed E-state index contributed by atoms with van der Waals surface area (Å²) < 4.78 is 7.52. The van der Waals surface area contributed by atoms with E-state index in [1.165, 1.54) is 134 Å². The van der Waals surface area contributed by atoms with Crippen molar-refractivity contribution in [3.8, 4) is 0 Å². The van der Waals surface area contributed by atoms with Crippen LogP contribution in [0.2, 0.25) is 0 Å². The van der Waals surface area contributed by atoms with E-state index >= 15 is 0 Å². The second kappa shape index (κ2) is 13.1. The summed E-state index contributed by atoms with van der Waals surface area (Å²) in [5, 5.41) is 9.28. The molecule has 3 heterocycles. The number of nitrogens with zero attached hydrogens (tertiary/aromatic N) is 4. The number of rotatable bonds is 4. The fourth-order valence-corrected chi connectivity index (χ4v) is 16.9. The first-order valence-electron chi connectivity index (χ1n) is 20.9. The molecule has 0 aromatic carbocycles. The Labute approximate surface area is 309 Å². The number of hydrazine groups is 1. The lowest BCUT2D eigenvalue weighted by atomic mass is 9.36. The number of amides is 1. The molecule has 1 amide bonds. The van der Waals surface area contributed by atoms with Gasteiger partial charge in [-0.3, -0.25) is 15.2 Å². The van der Waals surface area contributed by atoms with Gasteiger partial charge in [0.25, 0.3) is 0 Å². The van der Waals surface area contributed by atoms with Crippen molar-refractivity contribution < 1.29 is 9.53 Å². The maximum Gasteiger partial charge on any atom is 0.234 e. The largest absolute Gasteiger partial charge is 0.484 e. The van der Waals surface area contributed by atoms with Gasteiger partial charge in [0, 0.05) is 38.8 Å². The molecule has 8 heteroatoms. The molecule has 286 valence electrons. The second-order valence-electron chi connectivity index (χ2n) is 22.2. The van der Waals surface area contributed by atoms with E-state index < -0.39 is 0 Å². The Morgan fingerprint density at radius 2 is 1.16 bits per heavy atom. The molecule has 1 aromatic rings. The Kier molecular flexibility index (Phi) is 9.60. The molecule has 10 aliphatic rings. The second-order valence-corrected chi connectivity index (χ2v) is 22.2. The summed E-state index contributed by atoms with van der Waals surface area (Å²) in [6.07, 6.45) is 28.0. The molecule has 1 aromatic heterocycles. The van der Waals surface area contributed by atoms with Crippen LogP contribution in [-0.4, -0.2) is 40.2 Å². The fraction of sp³-hybridized carbons (Fsp3) is 0.907. The molecule has 0 radical (unpaired) electrons. The number of aryl methyl sites for hydroxylation is 1. The van der Waals surface area contributed by atoms with Crippen molar-refractivity contribution >= 4 is 11.8 Å². The van der Waals surface area contributed by atoms with Gasteiger partial charge in [-0.05, 0) is 146 Å². The third-order valence-electron chi connectivity index (χ3n) is 14.9. The van der Waals surface area contributed by atoms with E-state index in [1.807, 2.05) is 0 Å². The summed E-state index contributed by atoms with van der Waals surface area (Å²) in [6.45, 7) is 17.2. The Balaban J connectivity index is 0.000000132. The van der Waals surface area contributed by atoms with Gasteiger partial charge in [-0.1, -0.05) is 54.4 Å². The minimum Gasteiger partial charge on any atom is -0.484 e. The van der Waals surface area contributed by atoms with Crippen molar-refractivity contribution in [2.45, 2.75) is 189 Å². The molecule has 0 unspecified atom stereocenters. The van der Waals surface area contributed by atoms with Gasteiger partial charge in [-0.25, -0.2) is 5.84 Å². The molecule has 8 bridgehead atoms. The topological polar surface area (TPSA) is 107 Å². The lowest BCUT2D eigenvalue weighted by Gasteiger charge is -2.69. The monoisotopic (exact) mass is 705 g/mol. The van der Waals surface area contributed by atoms with Gasteiger partial charge >= 0.3 is 0 Å². The number of fused-ring (bicyclic) bond motifs is 1. The number of ether oxygens (including phenoxy) is 1. The highest BCUT2D eigenvalue weighted by molar-refractivity contribution is 5.76. The van der Waals surface area contributed by atoms with E-state index in [0.29, 0.717) is 44.3 Å². The maximum absolute atomic E-state index is 11.8. The van der Waals surface area contributed by atoms with Crippen molar-refractivity contribution in [1.29, 1.82) is 0 Å². The third kappa shape index (κ3) is 7.83. The molecule has 11 rings (SSSR count). The van der Waals surface area contributed by atoms with Crippen LogP contribution < -0.4 is 11.3 Å². The van der Waals surface area contributed by atoms with Crippen molar-refractivity contribution in [1.82, 2.24) is 20.2 Å². The number of carbonyl (C=O) groups is 1. The van der Waals surface area contributed by atoms with Crippen molar-refractivity contribution in [2.75, 3.05) is 13.7 Å². The van der Waals surface area contributed by atoms with E-state index in [4.69, 9.17) is 15.7 Å². The van der Waals surface area contributed by atoms with Gasteiger partial charge in [-0.15, -0.1) is 10.2 Å². The summed E-state index contributed by atoms with van der Waals surface area (Å²) in [4.78, 5) is 16.0. The van der Waals surface area contributed by atoms with Crippen LogP contribution in [0, 0.1) is 43.3 Å². The number of aliphatic imine (C=N–C) groups is 1. The zero-order chi connectivity index (χ0) is 36.4. The van der Waals surface area contributed by atoms with E-state index in [0.717, 1.165) is 31.8 Å². The van der Waals surface area contributed by atoms with Crippen LogP contribution in [0.25, 0.3) is 0 Å². The minimum atomic E-state index is 0.0211. The highest BCUT2D eigenvalue weighted by Gasteiger charge is 2.65. The number of methoxy groups -OCH3 is 1. The first-order valence-corrected chi connectivity index (χ1v) is 20.9. The van der Waals surface area contributed by atoms with Crippen LogP contribution in [0.5, 0.6) is 0 Å². The molecule has 2 aliphatic heterocycles. The van der Waals surface area contributed by atoms with E-state index in [1.54, 1.807) is 7.11 Å². The zero-order valence-electron chi connectivity index (χ0n) is 33.7. The quantitative estimate of drug-likeness (QED) is 0.185. The first-order chi connectivity index (χ1) is 23.9. The molecule has 0 saturated heterocycles. The van der Waals surface area contributed by atoms with Crippen LogP contribution in [-0.2, 0) is 28.9 Å².